The number of nitrogens with zero attached hydrogens (tertiary/aromatic N) is 2. The third-order valence-corrected chi connectivity index (χ3v) is 6.03. The number of carbonyl (C=O) groups is 6. The van der Waals surface area contributed by atoms with Gasteiger partial charge in [0, 0.05) is 17.8 Å². The molecule has 0 spiro atoms. The van der Waals surface area contributed by atoms with E-state index in [4.69, 9.17) is 10.5 Å². The fourth-order valence-electron chi connectivity index (χ4n) is 3.83. The second-order valence-corrected chi connectivity index (χ2v) is 11.1. The van der Waals surface area contributed by atoms with Gasteiger partial charge in [0.25, 0.3) is 0 Å². The normalized spacial score (nSPS) is 12.4. The van der Waals surface area contributed by atoms with Crippen LogP contribution in [0.5, 0.6) is 0 Å². The van der Waals surface area contributed by atoms with E-state index in [0.29, 0.717) is 22.7 Å². The van der Waals surface area contributed by atoms with Gasteiger partial charge >= 0.3 is 18.0 Å². The number of aliphatic carboxylic acids is 2. The standard InChI is InChI=1S/C30H39N7O9/c1-30(2,3)46-29(45)35-23(28(43)44)15-18(27(41)42)5-4-6-24(38)32-17-26(40)34-20-9-13-22(14-10-20)37-36-21-11-7-19(8-12-21)33-25(39)16-31/h7-14,18,23H,4-6,15-17,31H2,1-3H3,(H,32,38)(H,33,39)(H,34,40)(H,35,45)(H,41,42)(H,43,44)/t18-,23-/m0/s1. The number of hydrogen-bond donors (Lipinski definition) is 7. The monoisotopic (exact) mass is 641 g/mol. The molecule has 248 valence electrons. The fourth-order valence-corrected chi connectivity index (χ4v) is 3.83. The summed E-state index contributed by atoms with van der Waals surface area (Å²) < 4.78 is 5.03. The molecule has 2 aromatic carbocycles. The van der Waals surface area contributed by atoms with Crippen molar-refractivity contribution in [3.05, 3.63) is 48.5 Å². The van der Waals surface area contributed by atoms with Gasteiger partial charge in [-0.15, -0.1) is 0 Å². The number of nitrogens with one attached hydrogen (secondary N) is 4. The smallest absolute Gasteiger partial charge is 0.408 e. The van der Waals surface area contributed by atoms with E-state index in [1.807, 2.05) is 0 Å². The molecule has 2 atom stereocenters. The van der Waals surface area contributed by atoms with Crippen LogP contribution >= 0.6 is 0 Å². The predicted octanol–water partition coefficient (Wildman–Crippen LogP) is 3.29. The Balaban J connectivity index is 1.76. The SMILES string of the molecule is CC(C)(C)OC(=O)N[C@@H](C[C@H](CCCC(=O)NCC(=O)Nc1ccc(N=Nc2ccc(NC(=O)CN)cc2)cc1)C(=O)O)C(=O)O. The van der Waals surface area contributed by atoms with Crippen LogP contribution in [0.1, 0.15) is 46.5 Å². The first kappa shape index (κ1) is 36.8. The van der Waals surface area contributed by atoms with E-state index in [9.17, 15) is 39.0 Å². The molecule has 2 rings (SSSR count). The lowest BCUT2D eigenvalue weighted by Gasteiger charge is -2.23. The zero-order valence-corrected chi connectivity index (χ0v) is 25.7. The quantitative estimate of drug-likeness (QED) is 0.132. The lowest BCUT2D eigenvalue weighted by Crippen LogP contribution is -2.45. The molecular weight excluding hydrogens is 602 g/mol. The van der Waals surface area contributed by atoms with Crippen molar-refractivity contribution in [2.45, 2.75) is 58.1 Å². The Morgan fingerprint density at radius 1 is 0.804 bits per heavy atom. The van der Waals surface area contributed by atoms with Crippen molar-refractivity contribution in [1.82, 2.24) is 10.6 Å². The summed E-state index contributed by atoms with van der Waals surface area (Å²) in [6.45, 7) is 4.35. The van der Waals surface area contributed by atoms with Crippen molar-refractivity contribution >= 4 is 58.5 Å². The Hall–Kier alpha value is -5.38. The maximum absolute atomic E-state index is 12.3. The molecule has 0 aromatic heterocycles. The van der Waals surface area contributed by atoms with Crippen LogP contribution in [0, 0.1) is 5.92 Å². The molecule has 0 bridgehead atoms. The Kier molecular flexibility index (Phi) is 14.2. The van der Waals surface area contributed by atoms with E-state index in [0.717, 1.165) is 0 Å². The number of hydrogen-bond acceptors (Lipinski definition) is 10. The van der Waals surface area contributed by atoms with Crippen LogP contribution in [0.3, 0.4) is 0 Å². The molecule has 16 nitrogen and oxygen atoms in total. The summed E-state index contributed by atoms with van der Waals surface area (Å²) in [6.07, 6.45) is -1.42. The predicted molar refractivity (Wildman–Crippen MR) is 167 cm³/mol. The van der Waals surface area contributed by atoms with Crippen LogP contribution in [-0.2, 0) is 28.7 Å². The third-order valence-electron chi connectivity index (χ3n) is 6.03. The van der Waals surface area contributed by atoms with Crippen LogP contribution in [0.2, 0.25) is 0 Å². The van der Waals surface area contributed by atoms with E-state index in [2.05, 4.69) is 31.5 Å². The number of ether oxygens (including phenoxy) is 1. The van der Waals surface area contributed by atoms with Gasteiger partial charge in [0.1, 0.15) is 11.6 Å². The summed E-state index contributed by atoms with van der Waals surface area (Å²) >= 11 is 0. The maximum atomic E-state index is 12.3. The van der Waals surface area contributed by atoms with E-state index in [-0.39, 0.29) is 38.3 Å². The molecular formula is C30H39N7O9. The number of alkyl carbamates (subject to hydrolysis) is 1. The highest BCUT2D eigenvalue weighted by Gasteiger charge is 2.30. The largest absolute Gasteiger partial charge is 0.481 e. The first-order valence-corrected chi connectivity index (χ1v) is 14.3. The van der Waals surface area contributed by atoms with Crippen LogP contribution in [0.15, 0.2) is 58.8 Å². The van der Waals surface area contributed by atoms with Crippen LogP contribution in [0.25, 0.3) is 0 Å². The second kappa shape index (κ2) is 17.8. The number of nitrogens with two attached hydrogens (primary N) is 1. The minimum atomic E-state index is -1.50. The van der Waals surface area contributed by atoms with E-state index >= 15 is 0 Å². The molecule has 0 aliphatic rings. The van der Waals surface area contributed by atoms with Crippen LogP contribution < -0.4 is 27.0 Å². The number of amides is 4. The fraction of sp³-hybridized carbons (Fsp3) is 0.400. The molecule has 4 amide bonds. The summed E-state index contributed by atoms with van der Waals surface area (Å²) in [5, 5.41) is 37.1. The molecule has 0 saturated carbocycles. The van der Waals surface area contributed by atoms with Gasteiger partial charge in [-0.05, 0) is 88.6 Å². The molecule has 8 N–H and O–H groups in total. The van der Waals surface area contributed by atoms with Gasteiger partial charge in [-0.2, -0.15) is 10.2 Å². The van der Waals surface area contributed by atoms with Crippen molar-refractivity contribution in [2.24, 2.45) is 21.9 Å². The number of carbonyl (C=O) groups excluding carboxylic acids is 4. The van der Waals surface area contributed by atoms with Crippen LogP contribution in [0.4, 0.5) is 27.5 Å². The van der Waals surface area contributed by atoms with E-state index in [1.165, 1.54) is 0 Å². The van der Waals surface area contributed by atoms with Gasteiger partial charge in [-0.25, -0.2) is 9.59 Å². The van der Waals surface area contributed by atoms with Gasteiger partial charge < -0.3 is 42.0 Å². The average molecular weight is 642 g/mol. The topological polar surface area (TPSA) is 251 Å². The molecule has 0 radical (unpaired) electrons. The minimum Gasteiger partial charge on any atom is -0.481 e. The average Bonchev–Trinajstić information content (AvgIpc) is 2.98. The van der Waals surface area contributed by atoms with Gasteiger partial charge in [-0.3, -0.25) is 19.2 Å². The lowest BCUT2D eigenvalue weighted by molar-refractivity contribution is -0.144. The molecule has 0 aliphatic carbocycles. The number of azo groups is 1. The maximum Gasteiger partial charge on any atom is 0.408 e. The molecule has 0 aliphatic heterocycles. The molecule has 2 aromatic rings. The summed E-state index contributed by atoms with van der Waals surface area (Å²) in [5.74, 6) is -5.14. The van der Waals surface area contributed by atoms with Crippen molar-refractivity contribution in [1.29, 1.82) is 0 Å². The van der Waals surface area contributed by atoms with Crippen molar-refractivity contribution in [3.8, 4) is 0 Å². The van der Waals surface area contributed by atoms with Gasteiger partial charge in [0.2, 0.25) is 17.7 Å². The number of rotatable bonds is 16. The third kappa shape index (κ3) is 14.4. The van der Waals surface area contributed by atoms with Gasteiger partial charge in [-0.1, -0.05) is 0 Å². The Labute approximate surface area is 265 Å². The summed E-state index contributed by atoms with van der Waals surface area (Å²) in [5.41, 5.74) is 6.50. The summed E-state index contributed by atoms with van der Waals surface area (Å²) in [6, 6.07) is 11.6. The molecule has 0 fully saturated rings. The molecule has 0 unspecified atom stereocenters. The van der Waals surface area contributed by atoms with Gasteiger partial charge in [0.05, 0.1) is 30.4 Å². The Morgan fingerprint density at radius 3 is 1.78 bits per heavy atom. The number of benzene rings is 2. The van der Waals surface area contributed by atoms with Crippen LogP contribution in [-0.4, -0.2) is 70.7 Å². The minimum absolute atomic E-state index is 0.0310. The highest BCUT2D eigenvalue weighted by atomic mass is 16.6. The molecule has 0 saturated heterocycles. The molecule has 0 heterocycles. The van der Waals surface area contributed by atoms with Crippen molar-refractivity contribution in [3.63, 3.8) is 0 Å². The van der Waals surface area contributed by atoms with Crippen molar-refractivity contribution in [2.75, 3.05) is 23.7 Å². The zero-order valence-electron chi connectivity index (χ0n) is 25.7. The highest BCUT2D eigenvalue weighted by molar-refractivity contribution is 5.94. The summed E-state index contributed by atoms with van der Waals surface area (Å²) in [7, 11) is 0. The Morgan fingerprint density at radius 2 is 1.33 bits per heavy atom. The second-order valence-electron chi connectivity index (χ2n) is 11.1. The van der Waals surface area contributed by atoms with Gasteiger partial charge in [0.15, 0.2) is 0 Å². The molecule has 46 heavy (non-hydrogen) atoms. The first-order chi connectivity index (χ1) is 21.6. The highest BCUT2D eigenvalue weighted by Crippen LogP contribution is 2.22. The lowest BCUT2D eigenvalue weighted by atomic mass is 9.94. The number of carboxylic acid groups (broad SMARTS) is 2. The van der Waals surface area contributed by atoms with E-state index in [1.54, 1.807) is 69.3 Å². The van der Waals surface area contributed by atoms with E-state index < -0.39 is 53.8 Å². The first-order valence-electron chi connectivity index (χ1n) is 14.3. The molecule has 16 heteroatoms. The number of anilines is 2. The number of carboxylic acids is 2. The summed E-state index contributed by atoms with van der Waals surface area (Å²) in [4.78, 5) is 71.1. The zero-order chi connectivity index (χ0) is 34.3. The van der Waals surface area contributed by atoms with Crippen molar-refractivity contribution < 1.29 is 43.7 Å². The Bertz CT molecular complexity index is 1410.